The highest BCUT2D eigenvalue weighted by atomic mass is 16.5. The number of aliphatic hydroxyl groups excluding tert-OH is 2. The number of aliphatic hydroxyl groups is 2. The summed E-state index contributed by atoms with van der Waals surface area (Å²) >= 11 is 0. The third-order valence-electron chi connectivity index (χ3n) is 6.83. The number of carbonyl (C=O) groups is 1. The van der Waals surface area contributed by atoms with Crippen molar-refractivity contribution in [2.45, 2.75) is 148 Å². The first-order valence-corrected chi connectivity index (χ1v) is 14.9. The summed E-state index contributed by atoms with van der Waals surface area (Å²) in [6, 6.07) is 10.1. The van der Waals surface area contributed by atoms with E-state index in [0.717, 1.165) is 56.9 Å². The average Bonchev–Trinajstić information content (AvgIpc) is 2.88. The number of unbranched alkanes of at least 4 members (excludes halogenated alkanes) is 14. The predicted molar refractivity (Wildman–Crippen MR) is 150 cm³/mol. The van der Waals surface area contributed by atoms with E-state index in [2.05, 4.69) is 12.2 Å². The summed E-state index contributed by atoms with van der Waals surface area (Å²) in [5.74, 6) is -0.125. The molecule has 0 radical (unpaired) electrons. The van der Waals surface area contributed by atoms with E-state index < -0.39 is 6.23 Å². The fourth-order valence-corrected chi connectivity index (χ4v) is 4.57. The second-order valence-electron chi connectivity index (χ2n) is 10.3. The van der Waals surface area contributed by atoms with Crippen LogP contribution < -0.4 is 5.32 Å². The van der Waals surface area contributed by atoms with E-state index >= 15 is 0 Å². The van der Waals surface area contributed by atoms with Gasteiger partial charge >= 0.3 is 0 Å². The van der Waals surface area contributed by atoms with Crippen LogP contribution in [0, 0.1) is 0 Å². The third kappa shape index (κ3) is 19.7. The number of benzene rings is 1. The van der Waals surface area contributed by atoms with Gasteiger partial charge in [0.1, 0.15) is 6.23 Å². The van der Waals surface area contributed by atoms with Gasteiger partial charge < -0.3 is 20.3 Å². The fraction of sp³-hybridized carbons (Fsp3) is 0.774. The molecule has 5 nitrogen and oxygen atoms in total. The molecule has 0 aliphatic heterocycles. The number of hydrogen-bond acceptors (Lipinski definition) is 4. The molecule has 3 N–H and O–H groups in total. The van der Waals surface area contributed by atoms with E-state index in [4.69, 9.17) is 9.84 Å². The lowest BCUT2D eigenvalue weighted by molar-refractivity contribution is -0.127. The molecule has 0 saturated heterocycles. The lowest BCUT2D eigenvalue weighted by Gasteiger charge is -2.19. The van der Waals surface area contributed by atoms with Gasteiger partial charge in [0.25, 0.3) is 0 Å². The number of amides is 1. The summed E-state index contributed by atoms with van der Waals surface area (Å²) < 4.78 is 6.15. The smallest absolute Gasteiger partial charge is 0.224 e. The maximum absolute atomic E-state index is 12.6. The minimum atomic E-state index is -0.783. The van der Waals surface area contributed by atoms with Crippen molar-refractivity contribution in [1.82, 2.24) is 5.32 Å². The largest absolute Gasteiger partial charge is 0.396 e. The summed E-state index contributed by atoms with van der Waals surface area (Å²) in [4.78, 5) is 12.6. The van der Waals surface area contributed by atoms with E-state index in [0.29, 0.717) is 19.4 Å². The first-order valence-electron chi connectivity index (χ1n) is 14.9. The van der Waals surface area contributed by atoms with Crippen molar-refractivity contribution in [3.63, 3.8) is 0 Å². The zero-order valence-electron chi connectivity index (χ0n) is 23.1. The Morgan fingerprint density at radius 3 is 1.89 bits per heavy atom. The van der Waals surface area contributed by atoms with E-state index in [-0.39, 0.29) is 18.6 Å². The highest BCUT2D eigenvalue weighted by Gasteiger charge is 2.17. The van der Waals surface area contributed by atoms with Gasteiger partial charge in [0.2, 0.25) is 5.91 Å². The normalized spacial score (nSPS) is 13.0. The molecule has 1 unspecified atom stereocenters. The van der Waals surface area contributed by atoms with Crippen LogP contribution in [0.5, 0.6) is 0 Å². The molecule has 0 aliphatic rings. The molecule has 0 heterocycles. The monoisotopic (exact) mass is 505 g/mol. The Labute approximate surface area is 221 Å². The van der Waals surface area contributed by atoms with Crippen molar-refractivity contribution in [1.29, 1.82) is 0 Å². The molecular weight excluding hydrogens is 450 g/mol. The molecule has 1 amide bonds. The standard InChI is InChI=1S/C31H55NO4/c1-2-3-4-5-6-7-9-12-18-23-29(36-27-28-21-16-15-17-22-28)26-31(35)32-30(34)24-19-13-10-8-11-14-20-25-33/h15-17,21-22,29-30,33-34H,2-14,18-20,23-27H2,1H3,(H,32,35)/t29-,30?/m1/s1. The van der Waals surface area contributed by atoms with Crippen molar-refractivity contribution < 1.29 is 19.7 Å². The summed E-state index contributed by atoms with van der Waals surface area (Å²) in [7, 11) is 0. The van der Waals surface area contributed by atoms with Gasteiger partial charge in [0.15, 0.2) is 0 Å². The van der Waals surface area contributed by atoms with E-state index in [1.165, 1.54) is 57.8 Å². The molecule has 0 fully saturated rings. The Morgan fingerprint density at radius 1 is 0.778 bits per heavy atom. The van der Waals surface area contributed by atoms with Crippen LogP contribution in [0.1, 0.15) is 134 Å². The minimum absolute atomic E-state index is 0.124. The molecule has 0 aliphatic carbocycles. The van der Waals surface area contributed by atoms with Gasteiger partial charge in [-0.3, -0.25) is 4.79 Å². The second kappa shape index (κ2) is 23.9. The summed E-state index contributed by atoms with van der Waals surface area (Å²) in [5.41, 5.74) is 1.12. The number of hydrogen-bond donors (Lipinski definition) is 3. The highest BCUT2D eigenvalue weighted by Crippen LogP contribution is 2.16. The van der Waals surface area contributed by atoms with Gasteiger partial charge in [0, 0.05) is 6.61 Å². The predicted octanol–water partition coefficient (Wildman–Crippen LogP) is 7.43. The number of rotatable bonds is 25. The Balaban J connectivity index is 2.28. The zero-order chi connectivity index (χ0) is 26.1. The average molecular weight is 506 g/mol. The maximum atomic E-state index is 12.6. The third-order valence-corrected chi connectivity index (χ3v) is 6.83. The quantitative estimate of drug-likeness (QED) is 0.0953. The molecule has 5 heteroatoms. The van der Waals surface area contributed by atoms with Crippen LogP contribution in [0.2, 0.25) is 0 Å². The van der Waals surface area contributed by atoms with Crippen molar-refractivity contribution >= 4 is 5.91 Å². The summed E-state index contributed by atoms with van der Waals surface area (Å²) in [5, 5.41) is 21.8. The Bertz CT molecular complexity index is 610. The van der Waals surface area contributed by atoms with Crippen LogP contribution in [0.25, 0.3) is 0 Å². The van der Waals surface area contributed by atoms with Gasteiger partial charge in [-0.05, 0) is 31.2 Å². The minimum Gasteiger partial charge on any atom is -0.396 e. The highest BCUT2D eigenvalue weighted by molar-refractivity contribution is 5.76. The van der Waals surface area contributed by atoms with E-state index in [1.807, 2.05) is 30.3 Å². The lowest BCUT2D eigenvalue weighted by Crippen LogP contribution is -2.36. The number of carbonyl (C=O) groups excluding carboxylic acids is 1. The Kier molecular flexibility index (Phi) is 21.7. The van der Waals surface area contributed by atoms with Gasteiger partial charge in [0.05, 0.1) is 19.1 Å². The molecular formula is C31H55NO4. The van der Waals surface area contributed by atoms with Crippen molar-refractivity contribution in [2.24, 2.45) is 0 Å². The van der Waals surface area contributed by atoms with Gasteiger partial charge in [-0.1, -0.05) is 127 Å². The first kappa shape index (κ1) is 32.6. The van der Waals surface area contributed by atoms with Gasteiger partial charge in [-0.25, -0.2) is 0 Å². The fourth-order valence-electron chi connectivity index (χ4n) is 4.57. The van der Waals surface area contributed by atoms with Crippen molar-refractivity contribution in [3.05, 3.63) is 35.9 Å². The lowest BCUT2D eigenvalue weighted by atomic mass is 10.0. The molecule has 0 saturated carbocycles. The second-order valence-corrected chi connectivity index (χ2v) is 10.3. The Morgan fingerprint density at radius 2 is 1.31 bits per heavy atom. The van der Waals surface area contributed by atoms with Gasteiger partial charge in [-0.15, -0.1) is 0 Å². The van der Waals surface area contributed by atoms with Crippen LogP contribution in [-0.2, 0) is 16.1 Å². The van der Waals surface area contributed by atoms with Crippen molar-refractivity contribution in [2.75, 3.05) is 6.61 Å². The summed E-state index contributed by atoms with van der Waals surface area (Å²) in [6.07, 6.45) is 19.8. The Hall–Kier alpha value is -1.43. The SMILES string of the molecule is CCCCCCCCCCC[C@H](CC(=O)NC(O)CCCCCCCCCO)OCc1ccccc1. The molecule has 1 aromatic carbocycles. The molecule has 36 heavy (non-hydrogen) atoms. The molecule has 208 valence electrons. The van der Waals surface area contributed by atoms with Gasteiger partial charge in [-0.2, -0.15) is 0 Å². The van der Waals surface area contributed by atoms with Crippen molar-refractivity contribution in [3.8, 4) is 0 Å². The molecule has 1 aromatic rings. The molecule has 0 aromatic heterocycles. The number of ether oxygens (including phenoxy) is 1. The van der Waals surface area contributed by atoms with Crippen LogP contribution in [0.3, 0.4) is 0 Å². The first-order chi connectivity index (χ1) is 17.7. The van der Waals surface area contributed by atoms with Crippen LogP contribution >= 0.6 is 0 Å². The molecule has 2 atom stereocenters. The summed E-state index contributed by atoms with van der Waals surface area (Å²) in [6.45, 7) is 3.04. The van der Waals surface area contributed by atoms with E-state index in [9.17, 15) is 9.90 Å². The molecule has 1 rings (SSSR count). The van der Waals surface area contributed by atoms with E-state index in [1.54, 1.807) is 0 Å². The van der Waals surface area contributed by atoms with Crippen LogP contribution in [-0.4, -0.2) is 35.1 Å². The maximum Gasteiger partial charge on any atom is 0.224 e. The van der Waals surface area contributed by atoms with Crippen LogP contribution in [0.15, 0.2) is 30.3 Å². The number of nitrogens with one attached hydrogen (secondary N) is 1. The molecule has 0 bridgehead atoms. The zero-order valence-corrected chi connectivity index (χ0v) is 23.1. The molecule has 0 spiro atoms. The topological polar surface area (TPSA) is 78.8 Å². The van der Waals surface area contributed by atoms with Crippen LogP contribution in [0.4, 0.5) is 0 Å².